The largest absolute Gasteiger partial charge is 0.478 e. The summed E-state index contributed by atoms with van der Waals surface area (Å²) in [5.41, 5.74) is 2.09. The lowest BCUT2D eigenvalue weighted by atomic mass is 10.00. The van der Waals surface area contributed by atoms with Crippen molar-refractivity contribution in [2.45, 2.75) is 44.2 Å². The van der Waals surface area contributed by atoms with Crippen molar-refractivity contribution in [3.8, 4) is 0 Å². The number of carbonyl (C=O) groups excluding carboxylic acids is 1. The van der Waals surface area contributed by atoms with E-state index < -0.39 is 12.1 Å². The molecule has 1 saturated heterocycles. The molecule has 0 spiro atoms. The number of aliphatic hydroxyl groups is 1. The molecule has 2 aromatic rings. The molecular formula is C22H25NO4. The molecular weight excluding hydrogens is 342 g/mol. The Labute approximate surface area is 159 Å². The highest BCUT2D eigenvalue weighted by Crippen LogP contribution is 2.28. The number of amides is 1. The Balaban J connectivity index is 1.54. The average molecular weight is 367 g/mol. The van der Waals surface area contributed by atoms with Crippen molar-refractivity contribution in [1.82, 2.24) is 4.90 Å². The van der Waals surface area contributed by atoms with Gasteiger partial charge in [0.2, 0.25) is 5.91 Å². The number of carbonyl (C=O) groups is 2. The minimum atomic E-state index is -0.950. The molecule has 3 rings (SSSR count). The van der Waals surface area contributed by atoms with E-state index in [0.717, 1.165) is 30.5 Å². The van der Waals surface area contributed by atoms with Crippen LogP contribution < -0.4 is 0 Å². The molecule has 142 valence electrons. The summed E-state index contributed by atoms with van der Waals surface area (Å²) in [5, 5.41) is 19.4. The summed E-state index contributed by atoms with van der Waals surface area (Å²) in [6, 6.07) is 16.3. The third-order valence-corrected chi connectivity index (χ3v) is 5.21. The summed E-state index contributed by atoms with van der Waals surface area (Å²) in [7, 11) is 0. The zero-order valence-corrected chi connectivity index (χ0v) is 15.3. The van der Waals surface area contributed by atoms with Crippen molar-refractivity contribution in [2.24, 2.45) is 0 Å². The molecule has 2 N–H and O–H groups in total. The van der Waals surface area contributed by atoms with E-state index in [2.05, 4.69) is 0 Å². The highest BCUT2D eigenvalue weighted by molar-refractivity contribution is 5.87. The van der Waals surface area contributed by atoms with Crippen LogP contribution in [0.1, 0.15) is 53.3 Å². The first-order valence-electron chi connectivity index (χ1n) is 9.39. The van der Waals surface area contributed by atoms with Crippen LogP contribution >= 0.6 is 0 Å². The zero-order chi connectivity index (χ0) is 19.2. The normalized spacial score (nSPS) is 17.7. The second kappa shape index (κ2) is 8.82. The van der Waals surface area contributed by atoms with E-state index in [0.29, 0.717) is 19.3 Å². The number of nitrogens with zero attached hydrogens (tertiary/aromatic N) is 1. The number of aryl methyl sites for hydroxylation is 1. The lowest BCUT2D eigenvalue weighted by Gasteiger charge is -2.27. The second-order valence-electron chi connectivity index (χ2n) is 7.05. The van der Waals surface area contributed by atoms with Crippen LogP contribution in [0.4, 0.5) is 0 Å². The van der Waals surface area contributed by atoms with Crippen LogP contribution in [0, 0.1) is 0 Å². The fourth-order valence-corrected chi connectivity index (χ4v) is 3.69. The van der Waals surface area contributed by atoms with E-state index >= 15 is 0 Å². The standard InChI is InChI=1S/C22H25NO4/c24-20(17-5-2-1-3-6-17)15-19-7-4-14-23(19)21(25)13-10-16-8-11-18(12-9-16)22(26)27/h1-3,5-6,8-9,11-12,19-20,24H,4,7,10,13-15H2,(H,26,27)/t19-,20-/m1/s1. The van der Waals surface area contributed by atoms with Crippen molar-refractivity contribution in [1.29, 1.82) is 0 Å². The summed E-state index contributed by atoms with van der Waals surface area (Å²) in [5.74, 6) is -0.852. The first-order valence-corrected chi connectivity index (χ1v) is 9.39. The number of rotatable bonds is 7. The molecule has 1 aliphatic heterocycles. The molecule has 2 atom stereocenters. The van der Waals surface area contributed by atoms with Gasteiger partial charge < -0.3 is 15.1 Å². The Morgan fingerprint density at radius 3 is 2.44 bits per heavy atom. The van der Waals surface area contributed by atoms with Crippen LogP contribution in [0.2, 0.25) is 0 Å². The number of carboxylic acid groups (broad SMARTS) is 1. The van der Waals surface area contributed by atoms with Crippen LogP contribution in [0.3, 0.4) is 0 Å². The topological polar surface area (TPSA) is 77.8 Å². The minimum absolute atomic E-state index is 0.0714. The fraction of sp³-hybridized carbons (Fsp3) is 0.364. The number of aliphatic hydroxyl groups excluding tert-OH is 1. The van der Waals surface area contributed by atoms with Crippen molar-refractivity contribution in [2.75, 3.05) is 6.54 Å². The van der Waals surface area contributed by atoms with Gasteiger partial charge in [-0.2, -0.15) is 0 Å². The molecule has 0 radical (unpaired) electrons. The van der Waals surface area contributed by atoms with E-state index in [1.165, 1.54) is 0 Å². The molecule has 1 amide bonds. The molecule has 1 fully saturated rings. The third-order valence-electron chi connectivity index (χ3n) is 5.21. The monoisotopic (exact) mass is 367 g/mol. The molecule has 5 heteroatoms. The Hall–Kier alpha value is -2.66. The number of hydrogen-bond acceptors (Lipinski definition) is 3. The maximum absolute atomic E-state index is 12.7. The summed E-state index contributed by atoms with van der Waals surface area (Å²) in [6.07, 6.45) is 2.86. The number of benzene rings is 2. The van der Waals surface area contributed by atoms with Crippen LogP contribution in [-0.2, 0) is 11.2 Å². The number of aromatic carboxylic acids is 1. The minimum Gasteiger partial charge on any atom is -0.478 e. The van der Waals surface area contributed by atoms with Gasteiger partial charge in [0.25, 0.3) is 0 Å². The smallest absolute Gasteiger partial charge is 0.335 e. The van der Waals surface area contributed by atoms with Gasteiger partial charge >= 0.3 is 5.97 Å². The first kappa shape index (κ1) is 19.1. The van der Waals surface area contributed by atoms with Gasteiger partial charge in [0.15, 0.2) is 0 Å². The molecule has 0 aliphatic carbocycles. The van der Waals surface area contributed by atoms with E-state index in [1.54, 1.807) is 24.3 Å². The maximum Gasteiger partial charge on any atom is 0.335 e. The summed E-state index contributed by atoms with van der Waals surface area (Å²) in [6.45, 7) is 0.739. The summed E-state index contributed by atoms with van der Waals surface area (Å²) < 4.78 is 0. The van der Waals surface area contributed by atoms with Crippen molar-refractivity contribution in [3.05, 3.63) is 71.3 Å². The Kier molecular flexibility index (Phi) is 6.24. The van der Waals surface area contributed by atoms with E-state index in [-0.39, 0.29) is 17.5 Å². The highest BCUT2D eigenvalue weighted by Gasteiger charge is 2.30. The molecule has 1 aliphatic rings. The highest BCUT2D eigenvalue weighted by atomic mass is 16.4. The van der Waals surface area contributed by atoms with Gasteiger partial charge in [0.1, 0.15) is 0 Å². The molecule has 2 aromatic carbocycles. The lowest BCUT2D eigenvalue weighted by molar-refractivity contribution is -0.132. The van der Waals surface area contributed by atoms with Gasteiger partial charge in [0, 0.05) is 19.0 Å². The van der Waals surface area contributed by atoms with Crippen molar-refractivity contribution in [3.63, 3.8) is 0 Å². The van der Waals surface area contributed by atoms with Crippen molar-refractivity contribution >= 4 is 11.9 Å². The second-order valence-corrected chi connectivity index (χ2v) is 7.05. The van der Waals surface area contributed by atoms with Gasteiger partial charge in [-0.05, 0) is 48.9 Å². The van der Waals surface area contributed by atoms with Crippen LogP contribution in [-0.4, -0.2) is 39.6 Å². The van der Waals surface area contributed by atoms with Crippen LogP contribution in [0.5, 0.6) is 0 Å². The molecule has 27 heavy (non-hydrogen) atoms. The predicted octanol–water partition coefficient (Wildman–Crippen LogP) is 3.43. The Morgan fingerprint density at radius 1 is 1.07 bits per heavy atom. The van der Waals surface area contributed by atoms with Gasteiger partial charge in [-0.1, -0.05) is 42.5 Å². The lowest BCUT2D eigenvalue weighted by Crippen LogP contribution is -2.36. The van der Waals surface area contributed by atoms with Gasteiger partial charge in [-0.25, -0.2) is 4.79 Å². The van der Waals surface area contributed by atoms with E-state index in [4.69, 9.17) is 5.11 Å². The summed E-state index contributed by atoms with van der Waals surface area (Å²) >= 11 is 0. The van der Waals surface area contributed by atoms with E-state index in [9.17, 15) is 14.7 Å². The van der Waals surface area contributed by atoms with Gasteiger partial charge in [-0.15, -0.1) is 0 Å². The Morgan fingerprint density at radius 2 is 1.78 bits per heavy atom. The van der Waals surface area contributed by atoms with Crippen molar-refractivity contribution < 1.29 is 19.8 Å². The number of hydrogen-bond donors (Lipinski definition) is 2. The first-order chi connectivity index (χ1) is 13.0. The molecule has 0 saturated carbocycles. The molecule has 0 unspecified atom stereocenters. The summed E-state index contributed by atoms with van der Waals surface area (Å²) in [4.78, 5) is 25.5. The number of carboxylic acids is 1. The van der Waals surface area contributed by atoms with Gasteiger partial charge in [-0.3, -0.25) is 4.79 Å². The van der Waals surface area contributed by atoms with E-state index in [1.807, 2.05) is 35.2 Å². The molecule has 0 bridgehead atoms. The Bertz CT molecular complexity index is 773. The average Bonchev–Trinajstić information content (AvgIpc) is 3.15. The zero-order valence-electron chi connectivity index (χ0n) is 15.3. The fourth-order valence-electron chi connectivity index (χ4n) is 3.69. The third kappa shape index (κ3) is 4.95. The molecule has 0 aromatic heterocycles. The van der Waals surface area contributed by atoms with Crippen LogP contribution in [0.25, 0.3) is 0 Å². The maximum atomic E-state index is 12.7. The van der Waals surface area contributed by atoms with Crippen LogP contribution in [0.15, 0.2) is 54.6 Å². The SMILES string of the molecule is O=C(O)c1ccc(CCC(=O)N2CCC[C@@H]2C[C@@H](O)c2ccccc2)cc1. The van der Waals surface area contributed by atoms with Gasteiger partial charge in [0.05, 0.1) is 11.7 Å². The molecule has 5 nitrogen and oxygen atoms in total. The number of likely N-dealkylation sites (tertiary alicyclic amines) is 1. The predicted molar refractivity (Wildman–Crippen MR) is 102 cm³/mol. The quantitative estimate of drug-likeness (QED) is 0.786. The molecule has 1 heterocycles.